The molecule has 0 N–H and O–H groups in total. The summed E-state index contributed by atoms with van der Waals surface area (Å²) in [6, 6.07) is 8.22. The minimum Gasteiger partial charge on any atom is -0.494 e. The average Bonchev–Trinajstić information content (AvgIpc) is 3.00. The molecule has 14 heavy (non-hydrogen) atoms. The van der Waals surface area contributed by atoms with E-state index in [9.17, 15) is 0 Å². The van der Waals surface area contributed by atoms with Crippen LogP contribution in [0.3, 0.4) is 0 Å². The molecule has 0 radical (unpaired) electrons. The Kier molecular flexibility index (Phi) is 2.46. The first-order valence-electron chi connectivity index (χ1n) is 5.09. The summed E-state index contributed by atoms with van der Waals surface area (Å²) in [7, 11) is 1.78. The Labute approximate surface area is 84.8 Å². The summed E-state index contributed by atoms with van der Waals surface area (Å²) in [5.74, 6) is 0.933. The highest BCUT2D eigenvalue weighted by Gasteiger charge is 2.44. The number of rotatable bonds is 4. The summed E-state index contributed by atoms with van der Waals surface area (Å²) in [6.45, 7) is 2.71. The normalized spacial score (nSPS) is 17.9. The van der Waals surface area contributed by atoms with Crippen molar-refractivity contribution in [2.24, 2.45) is 0 Å². The van der Waals surface area contributed by atoms with Gasteiger partial charge in [-0.1, -0.05) is 12.1 Å². The van der Waals surface area contributed by atoms with Crippen LogP contribution < -0.4 is 4.74 Å². The van der Waals surface area contributed by atoms with Crippen LogP contribution in [0, 0.1) is 0 Å². The van der Waals surface area contributed by atoms with E-state index in [4.69, 9.17) is 9.47 Å². The summed E-state index contributed by atoms with van der Waals surface area (Å²) in [5.41, 5.74) is 1.29. The quantitative estimate of drug-likeness (QED) is 0.730. The highest BCUT2D eigenvalue weighted by molar-refractivity contribution is 5.33. The Morgan fingerprint density at radius 3 is 2.29 bits per heavy atom. The van der Waals surface area contributed by atoms with E-state index in [-0.39, 0.29) is 5.60 Å². The van der Waals surface area contributed by atoms with Crippen molar-refractivity contribution in [3.63, 3.8) is 0 Å². The summed E-state index contributed by atoms with van der Waals surface area (Å²) >= 11 is 0. The first kappa shape index (κ1) is 9.53. The molecule has 1 fully saturated rings. The minimum absolute atomic E-state index is 0.0186. The Morgan fingerprint density at radius 1 is 1.21 bits per heavy atom. The van der Waals surface area contributed by atoms with E-state index in [1.807, 2.05) is 19.1 Å². The van der Waals surface area contributed by atoms with Crippen molar-refractivity contribution in [3.8, 4) is 5.75 Å². The lowest BCUT2D eigenvalue weighted by Crippen LogP contribution is -2.08. The van der Waals surface area contributed by atoms with E-state index in [0.29, 0.717) is 0 Å². The summed E-state index contributed by atoms with van der Waals surface area (Å²) in [5, 5.41) is 0. The van der Waals surface area contributed by atoms with Crippen molar-refractivity contribution >= 4 is 0 Å². The molecular weight excluding hydrogens is 176 g/mol. The number of hydrogen-bond donors (Lipinski definition) is 0. The second-order valence-corrected chi connectivity index (χ2v) is 3.66. The van der Waals surface area contributed by atoms with Gasteiger partial charge in [0.1, 0.15) is 5.75 Å². The third kappa shape index (κ3) is 1.62. The highest BCUT2D eigenvalue weighted by Crippen LogP contribution is 2.48. The molecule has 2 rings (SSSR count). The molecule has 2 nitrogen and oxygen atoms in total. The zero-order chi connectivity index (χ0) is 10.0. The van der Waals surface area contributed by atoms with E-state index < -0.39 is 0 Å². The van der Waals surface area contributed by atoms with Gasteiger partial charge in [-0.25, -0.2) is 0 Å². The van der Waals surface area contributed by atoms with Crippen molar-refractivity contribution in [2.75, 3.05) is 13.7 Å². The van der Waals surface area contributed by atoms with Crippen LogP contribution in [0.4, 0.5) is 0 Å². The SMILES string of the molecule is CCOc1ccc(C2(OC)CC2)cc1. The van der Waals surface area contributed by atoms with Gasteiger partial charge in [-0.3, -0.25) is 0 Å². The Hall–Kier alpha value is -1.02. The van der Waals surface area contributed by atoms with E-state index in [1.54, 1.807) is 7.11 Å². The van der Waals surface area contributed by atoms with Crippen LogP contribution in [-0.2, 0) is 10.3 Å². The van der Waals surface area contributed by atoms with Crippen molar-refractivity contribution in [1.29, 1.82) is 0 Å². The fourth-order valence-electron chi connectivity index (χ4n) is 1.75. The lowest BCUT2D eigenvalue weighted by atomic mass is 10.1. The molecule has 0 bridgehead atoms. The van der Waals surface area contributed by atoms with Crippen LogP contribution in [0.1, 0.15) is 25.3 Å². The van der Waals surface area contributed by atoms with Crippen LogP contribution in [0.5, 0.6) is 5.75 Å². The van der Waals surface area contributed by atoms with Gasteiger partial charge in [0.15, 0.2) is 0 Å². The highest BCUT2D eigenvalue weighted by atomic mass is 16.5. The second kappa shape index (κ2) is 3.62. The molecule has 0 saturated heterocycles. The molecule has 0 heterocycles. The first-order chi connectivity index (χ1) is 6.80. The predicted octanol–water partition coefficient (Wildman–Crippen LogP) is 2.72. The van der Waals surface area contributed by atoms with Crippen LogP contribution in [0.25, 0.3) is 0 Å². The fourth-order valence-corrected chi connectivity index (χ4v) is 1.75. The number of hydrogen-bond acceptors (Lipinski definition) is 2. The van der Waals surface area contributed by atoms with Gasteiger partial charge in [-0.05, 0) is 37.5 Å². The summed E-state index contributed by atoms with van der Waals surface area (Å²) in [4.78, 5) is 0. The molecule has 0 unspecified atom stereocenters. The molecular formula is C12H16O2. The third-order valence-electron chi connectivity index (χ3n) is 2.79. The van der Waals surface area contributed by atoms with Gasteiger partial charge >= 0.3 is 0 Å². The van der Waals surface area contributed by atoms with Crippen LogP contribution in [-0.4, -0.2) is 13.7 Å². The number of ether oxygens (including phenoxy) is 2. The maximum Gasteiger partial charge on any atom is 0.119 e. The number of benzene rings is 1. The molecule has 0 aromatic heterocycles. The lowest BCUT2D eigenvalue weighted by molar-refractivity contribution is 0.0789. The van der Waals surface area contributed by atoms with Crippen LogP contribution >= 0.6 is 0 Å². The molecule has 0 aliphatic heterocycles. The van der Waals surface area contributed by atoms with Crippen LogP contribution in [0.15, 0.2) is 24.3 Å². The topological polar surface area (TPSA) is 18.5 Å². The molecule has 1 aromatic rings. The monoisotopic (exact) mass is 192 g/mol. The van der Waals surface area contributed by atoms with Crippen molar-refractivity contribution in [3.05, 3.63) is 29.8 Å². The van der Waals surface area contributed by atoms with Gasteiger partial charge in [0, 0.05) is 7.11 Å². The molecule has 76 valence electrons. The van der Waals surface area contributed by atoms with Gasteiger partial charge in [0.2, 0.25) is 0 Å². The van der Waals surface area contributed by atoms with E-state index in [2.05, 4.69) is 12.1 Å². The fraction of sp³-hybridized carbons (Fsp3) is 0.500. The Balaban J connectivity index is 2.14. The van der Waals surface area contributed by atoms with E-state index in [1.165, 1.54) is 5.56 Å². The lowest BCUT2D eigenvalue weighted by Gasteiger charge is -2.13. The van der Waals surface area contributed by atoms with Gasteiger partial charge < -0.3 is 9.47 Å². The maximum absolute atomic E-state index is 5.49. The Morgan fingerprint density at radius 2 is 1.86 bits per heavy atom. The average molecular weight is 192 g/mol. The molecule has 1 saturated carbocycles. The molecule has 2 heteroatoms. The van der Waals surface area contributed by atoms with Crippen molar-refractivity contribution < 1.29 is 9.47 Å². The molecule has 1 aromatic carbocycles. The van der Waals surface area contributed by atoms with E-state index >= 15 is 0 Å². The largest absolute Gasteiger partial charge is 0.494 e. The number of methoxy groups -OCH3 is 1. The minimum atomic E-state index is 0.0186. The van der Waals surface area contributed by atoms with Crippen LogP contribution in [0.2, 0.25) is 0 Å². The molecule has 1 aliphatic rings. The second-order valence-electron chi connectivity index (χ2n) is 3.66. The summed E-state index contributed by atoms with van der Waals surface area (Å²) in [6.07, 6.45) is 2.27. The third-order valence-corrected chi connectivity index (χ3v) is 2.79. The van der Waals surface area contributed by atoms with Gasteiger partial charge in [-0.15, -0.1) is 0 Å². The van der Waals surface area contributed by atoms with Gasteiger partial charge in [0.05, 0.1) is 12.2 Å². The standard InChI is InChI=1S/C12H16O2/c1-3-14-11-6-4-10(5-7-11)12(13-2)8-9-12/h4-7H,3,8-9H2,1-2H3. The molecule has 0 atom stereocenters. The zero-order valence-corrected chi connectivity index (χ0v) is 8.75. The van der Waals surface area contributed by atoms with Gasteiger partial charge in [0.25, 0.3) is 0 Å². The Bertz CT molecular complexity index is 299. The smallest absolute Gasteiger partial charge is 0.119 e. The van der Waals surface area contributed by atoms with Crippen molar-refractivity contribution in [2.45, 2.75) is 25.4 Å². The van der Waals surface area contributed by atoms with Crippen molar-refractivity contribution in [1.82, 2.24) is 0 Å². The maximum atomic E-state index is 5.49. The predicted molar refractivity (Wildman–Crippen MR) is 55.5 cm³/mol. The first-order valence-corrected chi connectivity index (χ1v) is 5.09. The van der Waals surface area contributed by atoms with E-state index in [0.717, 1.165) is 25.2 Å². The molecule has 0 spiro atoms. The summed E-state index contributed by atoms with van der Waals surface area (Å²) < 4.78 is 10.9. The van der Waals surface area contributed by atoms with Gasteiger partial charge in [-0.2, -0.15) is 0 Å². The molecule has 1 aliphatic carbocycles. The molecule has 0 amide bonds. The zero-order valence-electron chi connectivity index (χ0n) is 8.75.